The van der Waals surface area contributed by atoms with Crippen LogP contribution in [0.2, 0.25) is 0 Å². The van der Waals surface area contributed by atoms with Gasteiger partial charge in [-0.15, -0.1) is 0 Å². The molecule has 0 saturated heterocycles. The Morgan fingerprint density at radius 1 is 1.54 bits per heavy atom. The highest BCUT2D eigenvalue weighted by atomic mass is 19.1. The zero-order chi connectivity index (χ0) is 9.68. The molecule has 1 heterocycles. The van der Waals surface area contributed by atoms with Crippen LogP contribution >= 0.6 is 0 Å². The van der Waals surface area contributed by atoms with Crippen molar-refractivity contribution in [3.63, 3.8) is 0 Å². The van der Waals surface area contributed by atoms with Crippen LogP contribution in [0, 0.1) is 11.9 Å². The Balaban J connectivity index is 2.55. The molecule has 0 amide bonds. The summed E-state index contributed by atoms with van der Waals surface area (Å²) in [5, 5.41) is 3.88. The third-order valence-electron chi connectivity index (χ3n) is 1.27. The van der Waals surface area contributed by atoms with Crippen LogP contribution in [0.15, 0.2) is 23.3 Å². The van der Waals surface area contributed by atoms with Gasteiger partial charge in [-0.05, 0) is 18.1 Å². The lowest BCUT2D eigenvalue weighted by Crippen LogP contribution is -1.96. The van der Waals surface area contributed by atoms with E-state index in [1.54, 1.807) is 18.3 Å². The summed E-state index contributed by atoms with van der Waals surface area (Å²) in [6.07, 6.45) is 1.73. The van der Waals surface area contributed by atoms with E-state index in [4.69, 9.17) is 0 Å². The van der Waals surface area contributed by atoms with Gasteiger partial charge in [0.15, 0.2) is 0 Å². The maximum absolute atomic E-state index is 12.6. The molecule has 0 aliphatic heterocycles. The third kappa shape index (κ3) is 3.64. The van der Waals surface area contributed by atoms with E-state index in [0.29, 0.717) is 11.7 Å². The van der Waals surface area contributed by atoms with E-state index in [1.807, 2.05) is 13.8 Å². The summed E-state index contributed by atoms with van der Waals surface area (Å²) >= 11 is 0. The molecule has 1 aromatic rings. The van der Waals surface area contributed by atoms with Gasteiger partial charge >= 0.3 is 0 Å². The van der Waals surface area contributed by atoms with Gasteiger partial charge in [-0.25, -0.2) is 4.98 Å². The Labute approximate surface area is 76.7 Å². The van der Waals surface area contributed by atoms with Crippen molar-refractivity contribution in [2.24, 2.45) is 11.0 Å². The number of anilines is 1. The average Bonchev–Trinajstić information content (AvgIpc) is 2.03. The fourth-order valence-corrected chi connectivity index (χ4v) is 0.723. The van der Waals surface area contributed by atoms with E-state index in [0.717, 1.165) is 0 Å². The van der Waals surface area contributed by atoms with Crippen molar-refractivity contribution in [1.82, 2.24) is 4.98 Å². The smallest absolute Gasteiger partial charge is 0.214 e. The van der Waals surface area contributed by atoms with Gasteiger partial charge in [0.05, 0.1) is 0 Å². The first kappa shape index (κ1) is 9.64. The number of pyridine rings is 1. The molecular weight excluding hydrogens is 169 g/mol. The summed E-state index contributed by atoms with van der Waals surface area (Å²) in [6, 6.07) is 4.52. The highest BCUT2D eigenvalue weighted by Crippen LogP contribution is 2.02. The minimum atomic E-state index is -0.509. The van der Waals surface area contributed by atoms with Gasteiger partial charge < -0.3 is 0 Å². The van der Waals surface area contributed by atoms with Crippen molar-refractivity contribution in [2.75, 3.05) is 5.43 Å². The number of nitrogens with one attached hydrogen (secondary N) is 1. The second-order valence-corrected chi connectivity index (χ2v) is 2.98. The molecule has 0 aliphatic carbocycles. The second kappa shape index (κ2) is 4.54. The fraction of sp³-hybridized carbons (Fsp3) is 0.333. The van der Waals surface area contributed by atoms with Crippen molar-refractivity contribution in [1.29, 1.82) is 0 Å². The maximum Gasteiger partial charge on any atom is 0.214 e. The lowest BCUT2D eigenvalue weighted by molar-refractivity contribution is 0.585. The van der Waals surface area contributed by atoms with Gasteiger partial charge in [0, 0.05) is 6.21 Å². The van der Waals surface area contributed by atoms with Crippen LogP contribution in [0.5, 0.6) is 0 Å². The molecule has 1 N–H and O–H groups in total. The lowest BCUT2D eigenvalue weighted by Gasteiger charge is -1.98. The molecule has 13 heavy (non-hydrogen) atoms. The molecule has 0 aromatic carbocycles. The molecule has 0 spiro atoms. The summed E-state index contributed by atoms with van der Waals surface area (Å²) in [5.74, 6) is 0.266. The molecule has 1 aromatic heterocycles. The molecule has 70 valence electrons. The van der Waals surface area contributed by atoms with Crippen LogP contribution in [0.1, 0.15) is 13.8 Å². The van der Waals surface area contributed by atoms with Gasteiger partial charge in [0.1, 0.15) is 5.82 Å². The van der Waals surface area contributed by atoms with E-state index in [-0.39, 0.29) is 0 Å². The predicted octanol–water partition coefficient (Wildman–Crippen LogP) is 2.27. The number of hydrogen-bond donors (Lipinski definition) is 1. The van der Waals surface area contributed by atoms with Crippen LogP contribution in [-0.4, -0.2) is 11.2 Å². The van der Waals surface area contributed by atoms with Gasteiger partial charge in [-0.1, -0.05) is 19.9 Å². The van der Waals surface area contributed by atoms with E-state index >= 15 is 0 Å². The number of halogens is 1. The van der Waals surface area contributed by atoms with Crippen molar-refractivity contribution >= 4 is 12.0 Å². The van der Waals surface area contributed by atoms with Crippen LogP contribution in [-0.2, 0) is 0 Å². The average molecular weight is 181 g/mol. The van der Waals surface area contributed by atoms with Crippen molar-refractivity contribution in [3.8, 4) is 0 Å². The first-order valence-electron chi connectivity index (χ1n) is 4.10. The molecule has 1 rings (SSSR count). The highest BCUT2D eigenvalue weighted by molar-refractivity contribution is 5.60. The molecule has 0 unspecified atom stereocenters. The Hall–Kier alpha value is -1.45. The molecule has 4 heteroatoms. The number of rotatable bonds is 3. The standard InChI is InChI=1S/C9H12FN3/c1-7(2)6-11-13-9-5-3-4-8(10)12-9/h3-7H,1-2H3,(H,12,13)/b11-6+. The second-order valence-electron chi connectivity index (χ2n) is 2.98. The third-order valence-corrected chi connectivity index (χ3v) is 1.27. The molecule has 0 bridgehead atoms. The van der Waals surface area contributed by atoms with Crippen molar-refractivity contribution < 1.29 is 4.39 Å². The number of nitrogens with zero attached hydrogens (tertiary/aromatic N) is 2. The Bertz CT molecular complexity index is 297. The maximum atomic E-state index is 12.6. The summed E-state index contributed by atoms with van der Waals surface area (Å²) < 4.78 is 12.6. The topological polar surface area (TPSA) is 37.3 Å². The van der Waals surface area contributed by atoms with Gasteiger partial charge in [-0.3, -0.25) is 5.43 Å². The van der Waals surface area contributed by atoms with E-state index in [9.17, 15) is 4.39 Å². The molecule has 0 aliphatic rings. The fourth-order valence-electron chi connectivity index (χ4n) is 0.723. The minimum absolute atomic E-state index is 0.362. The molecule has 0 fully saturated rings. The molecule has 0 atom stereocenters. The van der Waals surface area contributed by atoms with E-state index in [2.05, 4.69) is 15.5 Å². The highest BCUT2D eigenvalue weighted by Gasteiger charge is 1.93. The van der Waals surface area contributed by atoms with Gasteiger partial charge in [0.2, 0.25) is 5.95 Å². The van der Waals surface area contributed by atoms with Crippen LogP contribution in [0.3, 0.4) is 0 Å². The normalized spacial score (nSPS) is 11.1. The van der Waals surface area contributed by atoms with Crippen LogP contribution in [0.25, 0.3) is 0 Å². The summed E-state index contributed by atoms with van der Waals surface area (Å²) in [7, 11) is 0. The SMILES string of the molecule is CC(C)/C=N/Nc1cccc(F)n1. The van der Waals surface area contributed by atoms with Crippen molar-refractivity contribution in [3.05, 3.63) is 24.1 Å². The lowest BCUT2D eigenvalue weighted by atomic mass is 10.3. The number of hydrogen-bond acceptors (Lipinski definition) is 3. The number of hydrazone groups is 1. The molecule has 0 radical (unpaired) electrons. The zero-order valence-corrected chi connectivity index (χ0v) is 7.66. The van der Waals surface area contributed by atoms with E-state index < -0.39 is 5.95 Å². The van der Waals surface area contributed by atoms with Crippen molar-refractivity contribution in [2.45, 2.75) is 13.8 Å². The largest absolute Gasteiger partial charge is 0.262 e. The predicted molar refractivity (Wildman–Crippen MR) is 51.1 cm³/mol. The first-order valence-corrected chi connectivity index (χ1v) is 4.10. The Morgan fingerprint density at radius 3 is 2.92 bits per heavy atom. The first-order chi connectivity index (χ1) is 6.18. The van der Waals surface area contributed by atoms with Crippen LogP contribution in [0.4, 0.5) is 10.2 Å². The molecule has 0 saturated carbocycles. The summed E-state index contributed by atoms with van der Waals surface area (Å²) in [4.78, 5) is 3.58. The Kier molecular flexibility index (Phi) is 3.37. The van der Waals surface area contributed by atoms with Gasteiger partial charge in [0.25, 0.3) is 0 Å². The quantitative estimate of drug-likeness (QED) is 0.441. The molecule has 3 nitrogen and oxygen atoms in total. The monoisotopic (exact) mass is 181 g/mol. The van der Waals surface area contributed by atoms with Gasteiger partial charge in [-0.2, -0.15) is 9.49 Å². The van der Waals surface area contributed by atoms with Crippen LogP contribution < -0.4 is 5.43 Å². The number of aromatic nitrogens is 1. The van der Waals surface area contributed by atoms with E-state index in [1.165, 1.54) is 6.07 Å². The summed E-state index contributed by atoms with van der Waals surface area (Å²) in [6.45, 7) is 4.01. The molecular formula is C9H12FN3. The Morgan fingerprint density at radius 2 is 2.31 bits per heavy atom. The zero-order valence-electron chi connectivity index (χ0n) is 7.66. The summed E-state index contributed by atoms with van der Waals surface area (Å²) in [5.41, 5.74) is 2.64. The minimum Gasteiger partial charge on any atom is -0.262 e.